The van der Waals surface area contributed by atoms with Gasteiger partial charge in [-0.2, -0.15) is 0 Å². The normalized spacial score (nSPS) is 12.4. The Balaban J connectivity index is 0.00000288. The Bertz CT molecular complexity index is 746. The Labute approximate surface area is 147 Å². The highest BCUT2D eigenvalue weighted by Crippen LogP contribution is 2.31. The third-order valence-electron chi connectivity index (χ3n) is 3.34. The van der Waals surface area contributed by atoms with E-state index in [2.05, 4.69) is 5.32 Å². The van der Waals surface area contributed by atoms with Crippen molar-refractivity contribution in [3.63, 3.8) is 0 Å². The van der Waals surface area contributed by atoms with Crippen molar-refractivity contribution in [3.8, 4) is 0 Å². The second-order valence-electron chi connectivity index (χ2n) is 5.05. The number of amides is 1. The van der Waals surface area contributed by atoms with Crippen molar-refractivity contribution in [2.24, 2.45) is 5.73 Å². The van der Waals surface area contributed by atoms with E-state index in [1.165, 1.54) is 18.4 Å². The molecule has 0 radical (unpaired) electrons. The summed E-state index contributed by atoms with van der Waals surface area (Å²) in [7, 11) is 1.25. The Hall–Kier alpha value is -1.77. The molecule has 9 heteroatoms. The van der Waals surface area contributed by atoms with E-state index in [0.29, 0.717) is 17.4 Å². The first-order valence-corrected chi connectivity index (χ1v) is 7.57. The van der Waals surface area contributed by atoms with Gasteiger partial charge in [0.25, 0.3) is 5.92 Å². The smallest absolute Gasteiger partial charge is 0.348 e. The topological polar surface area (TPSA) is 81.4 Å². The highest BCUT2D eigenvalue weighted by molar-refractivity contribution is 7.21. The van der Waals surface area contributed by atoms with Gasteiger partial charge in [-0.15, -0.1) is 23.7 Å². The molecule has 1 aromatic heterocycles. The molecule has 0 spiro atoms. The highest BCUT2D eigenvalue weighted by atomic mass is 35.5. The molecule has 0 saturated heterocycles. The molecule has 0 saturated carbocycles. The summed E-state index contributed by atoms with van der Waals surface area (Å²) in [5, 5.41) is 3.12. The fourth-order valence-electron chi connectivity index (χ4n) is 2.05. The molecular formula is C15H17ClF2N2O3S. The van der Waals surface area contributed by atoms with Crippen LogP contribution in [0, 0.1) is 0 Å². The van der Waals surface area contributed by atoms with E-state index in [4.69, 9.17) is 10.5 Å². The second kappa shape index (κ2) is 7.87. The lowest BCUT2D eigenvalue weighted by molar-refractivity contribution is -0.130. The number of esters is 1. The Morgan fingerprint density at radius 2 is 2.00 bits per heavy atom. The van der Waals surface area contributed by atoms with Crippen molar-refractivity contribution in [2.45, 2.75) is 25.4 Å². The van der Waals surface area contributed by atoms with Crippen molar-refractivity contribution in [1.29, 1.82) is 0 Å². The predicted octanol–water partition coefficient (Wildman–Crippen LogP) is 2.71. The fraction of sp³-hybridized carbons (Fsp3) is 0.333. The van der Waals surface area contributed by atoms with Crippen LogP contribution in [0.15, 0.2) is 24.3 Å². The molecule has 132 valence electrons. The van der Waals surface area contributed by atoms with E-state index in [1.807, 2.05) is 12.1 Å². The molecular weight excluding hydrogens is 362 g/mol. The summed E-state index contributed by atoms with van der Waals surface area (Å²) in [6.07, 6.45) is 0. The number of methoxy groups -OCH3 is 1. The van der Waals surface area contributed by atoms with Crippen LogP contribution in [0.5, 0.6) is 0 Å². The monoisotopic (exact) mass is 378 g/mol. The molecule has 1 amide bonds. The quantitative estimate of drug-likeness (QED) is 0.784. The summed E-state index contributed by atoms with van der Waals surface area (Å²) in [6, 6.07) is 5.26. The first-order valence-electron chi connectivity index (χ1n) is 6.75. The number of halogens is 3. The maximum Gasteiger partial charge on any atom is 0.348 e. The van der Waals surface area contributed by atoms with Crippen LogP contribution >= 0.6 is 23.7 Å². The standard InChI is InChI=1S/C15H16F2N2O3S.ClH/c1-15(16,17)12(18)13(20)19-7-9-8-5-3-4-6-10(8)23-11(9)14(21)22-2;/h3-6,12H,7,18H2,1-2H3,(H,19,20);1H. The van der Waals surface area contributed by atoms with E-state index < -0.39 is 23.8 Å². The van der Waals surface area contributed by atoms with Gasteiger partial charge in [-0.3, -0.25) is 4.79 Å². The van der Waals surface area contributed by atoms with E-state index in [0.717, 1.165) is 10.1 Å². The Morgan fingerprint density at radius 3 is 2.58 bits per heavy atom. The van der Waals surface area contributed by atoms with Gasteiger partial charge in [-0.25, -0.2) is 13.6 Å². The lowest BCUT2D eigenvalue weighted by atomic mass is 10.1. The van der Waals surface area contributed by atoms with Gasteiger partial charge in [0.15, 0.2) is 0 Å². The predicted molar refractivity (Wildman–Crippen MR) is 90.9 cm³/mol. The van der Waals surface area contributed by atoms with Gasteiger partial charge >= 0.3 is 5.97 Å². The number of hydrogen-bond acceptors (Lipinski definition) is 5. The molecule has 1 atom stereocenters. The first-order chi connectivity index (χ1) is 10.8. The number of nitrogens with two attached hydrogens (primary N) is 1. The van der Waals surface area contributed by atoms with E-state index >= 15 is 0 Å². The van der Waals surface area contributed by atoms with Crippen LogP contribution in [0.1, 0.15) is 22.2 Å². The number of nitrogens with one attached hydrogen (secondary N) is 1. The molecule has 0 aliphatic carbocycles. The van der Waals surface area contributed by atoms with E-state index in [-0.39, 0.29) is 19.0 Å². The zero-order chi connectivity index (χ0) is 17.2. The lowest BCUT2D eigenvalue weighted by Crippen LogP contribution is -2.50. The molecule has 1 unspecified atom stereocenters. The summed E-state index contributed by atoms with van der Waals surface area (Å²) >= 11 is 1.22. The van der Waals surface area contributed by atoms with Crippen molar-refractivity contribution < 1.29 is 23.1 Å². The number of carbonyl (C=O) groups is 2. The van der Waals surface area contributed by atoms with Crippen molar-refractivity contribution in [2.75, 3.05) is 7.11 Å². The molecule has 0 aliphatic rings. The second-order valence-corrected chi connectivity index (χ2v) is 6.10. The van der Waals surface area contributed by atoms with Gasteiger partial charge in [-0.05, 0) is 11.5 Å². The number of rotatable bonds is 5. The number of ether oxygens (including phenoxy) is 1. The summed E-state index contributed by atoms with van der Waals surface area (Å²) in [6.45, 7) is 0.494. The maximum absolute atomic E-state index is 13.1. The zero-order valence-corrected chi connectivity index (χ0v) is 14.6. The van der Waals surface area contributed by atoms with Crippen molar-refractivity contribution in [3.05, 3.63) is 34.7 Å². The number of fused-ring (bicyclic) bond motifs is 1. The third kappa shape index (κ3) is 4.19. The van der Waals surface area contributed by atoms with Crippen LogP contribution in [0.3, 0.4) is 0 Å². The summed E-state index contributed by atoms with van der Waals surface area (Å²) in [5.74, 6) is -4.85. The lowest BCUT2D eigenvalue weighted by Gasteiger charge is -2.18. The molecule has 2 rings (SSSR count). The van der Waals surface area contributed by atoms with Gasteiger partial charge in [0.05, 0.1) is 7.11 Å². The number of alkyl halides is 2. The Kier molecular flexibility index (Phi) is 6.65. The number of benzene rings is 1. The summed E-state index contributed by atoms with van der Waals surface area (Å²) in [5.41, 5.74) is 5.74. The average molecular weight is 379 g/mol. The highest BCUT2D eigenvalue weighted by Gasteiger charge is 2.36. The molecule has 1 aromatic carbocycles. The van der Waals surface area contributed by atoms with Gasteiger partial charge in [0, 0.05) is 23.7 Å². The van der Waals surface area contributed by atoms with Crippen LogP contribution in [-0.2, 0) is 16.1 Å². The van der Waals surface area contributed by atoms with Crippen LogP contribution in [0.4, 0.5) is 8.78 Å². The number of thiophene rings is 1. The molecule has 2 aromatic rings. The van der Waals surface area contributed by atoms with Crippen LogP contribution in [0.2, 0.25) is 0 Å². The van der Waals surface area contributed by atoms with Gasteiger partial charge in [0.1, 0.15) is 10.9 Å². The molecule has 1 heterocycles. The number of hydrogen-bond donors (Lipinski definition) is 2. The van der Waals surface area contributed by atoms with Gasteiger partial charge in [-0.1, -0.05) is 18.2 Å². The Morgan fingerprint density at radius 1 is 1.38 bits per heavy atom. The zero-order valence-electron chi connectivity index (χ0n) is 13.0. The summed E-state index contributed by atoms with van der Waals surface area (Å²) < 4.78 is 31.7. The molecule has 0 fully saturated rings. The summed E-state index contributed by atoms with van der Waals surface area (Å²) in [4.78, 5) is 23.9. The third-order valence-corrected chi connectivity index (χ3v) is 4.53. The first kappa shape index (κ1) is 20.3. The van der Waals surface area contributed by atoms with Crippen LogP contribution < -0.4 is 11.1 Å². The molecule has 0 bridgehead atoms. The molecule has 0 aliphatic heterocycles. The fourth-order valence-corrected chi connectivity index (χ4v) is 3.19. The average Bonchev–Trinajstić information content (AvgIpc) is 2.88. The van der Waals surface area contributed by atoms with E-state index in [9.17, 15) is 18.4 Å². The maximum atomic E-state index is 13.1. The minimum absolute atomic E-state index is 0. The minimum atomic E-state index is -3.33. The van der Waals surface area contributed by atoms with Crippen molar-refractivity contribution >= 4 is 45.7 Å². The number of carbonyl (C=O) groups excluding carboxylic acids is 2. The molecule has 3 N–H and O–H groups in total. The molecule has 5 nitrogen and oxygen atoms in total. The van der Waals surface area contributed by atoms with Gasteiger partial charge < -0.3 is 15.8 Å². The minimum Gasteiger partial charge on any atom is -0.465 e. The van der Waals surface area contributed by atoms with Crippen molar-refractivity contribution in [1.82, 2.24) is 5.32 Å². The molecule has 24 heavy (non-hydrogen) atoms. The SMILES string of the molecule is COC(=O)c1sc2ccccc2c1CNC(=O)C(N)C(C)(F)F.Cl. The van der Waals surface area contributed by atoms with Crippen LogP contribution in [-0.4, -0.2) is 31.0 Å². The largest absolute Gasteiger partial charge is 0.465 e. The van der Waals surface area contributed by atoms with Gasteiger partial charge in [0.2, 0.25) is 5.91 Å². The van der Waals surface area contributed by atoms with Crippen LogP contribution in [0.25, 0.3) is 10.1 Å². The van der Waals surface area contributed by atoms with E-state index in [1.54, 1.807) is 12.1 Å².